The fourth-order valence-electron chi connectivity index (χ4n) is 1.35. The second-order valence-electron chi connectivity index (χ2n) is 3.48. The van der Waals surface area contributed by atoms with Gasteiger partial charge < -0.3 is 9.47 Å². The van der Waals surface area contributed by atoms with Crippen molar-refractivity contribution in [2.75, 3.05) is 5.75 Å². The molecule has 0 radical (unpaired) electrons. The molecule has 0 fully saturated rings. The van der Waals surface area contributed by atoms with Crippen molar-refractivity contribution in [3.8, 4) is 5.75 Å². The van der Waals surface area contributed by atoms with Gasteiger partial charge in [-0.2, -0.15) is 0 Å². The van der Waals surface area contributed by atoms with Gasteiger partial charge in [0.2, 0.25) is 0 Å². The molecule has 0 saturated heterocycles. The van der Waals surface area contributed by atoms with Crippen molar-refractivity contribution in [3.05, 3.63) is 41.8 Å². The van der Waals surface area contributed by atoms with E-state index in [0.29, 0.717) is 5.75 Å². The monoisotopic (exact) mass is 254 g/mol. The molecule has 0 aromatic heterocycles. The van der Waals surface area contributed by atoms with E-state index in [1.807, 2.05) is 0 Å². The van der Waals surface area contributed by atoms with Crippen molar-refractivity contribution in [1.29, 1.82) is 0 Å². The average molecular weight is 254 g/mol. The Bertz CT molecular complexity index is 532. The van der Waals surface area contributed by atoms with Crippen molar-refractivity contribution < 1.29 is 22.7 Å². The number of hydrogen-bond donors (Lipinski definition) is 0. The Kier molecular flexibility index (Phi) is 3.14. The number of carbonyl (C=O) groups excluding carboxylic acids is 1. The van der Waals surface area contributed by atoms with Crippen LogP contribution in [0.15, 0.2) is 41.8 Å². The van der Waals surface area contributed by atoms with Crippen molar-refractivity contribution in [2.24, 2.45) is 0 Å². The molecule has 90 valence electrons. The van der Waals surface area contributed by atoms with E-state index in [0.717, 1.165) is 5.41 Å². The quantitative estimate of drug-likeness (QED) is 0.591. The second-order valence-corrected chi connectivity index (χ2v) is 5.41. The normalized spacial score (nSPS) is 21.1. The van der Waals surface area contributed by atoms with Crippen molar-refractivity contribution >= 4 is 16.0 Å². The van der Waals surface area contributed by atoms with Crippen LogP contribution in [-0.4, -0.2) is 26.4 Å². The molecule has 0 saturated carbocycles. The third-order valence-corrected chi connectivity index (χ3v) is 3.45. The molecular weight excluding hydrogens is 244 g/mol. The maximum atomic E-state index is 11.3. The number of ether oxygens (including phenoxy) is 2. The van der Waals surface area contributed by atoms with E-state index >= 15 is 0 Å². The van der Waals surface area contributed by atoms with Gasteiger partial charge >= 0.3 is 6.16 Å². The van der Waals surface area contributed by atoms with Crippen molar-refractivity contribution in [2.45, 2.75) is 6.10 Å². The van der Waals surface area contributed by atoms with Crippen LogP contribution in [-0.2, 0) is 14.6 Å². The molecule has 0 spiro atoms. The third-order valence-electron chi connectivity index (χ3n) is 2.09. The molecule has 1 atom stereocenters. The van der Waals surface area contributed by atoms with Crippen molar-refractivity contribution in [3.63, 3.8) is 0 Å². The first-order valence-electron chi connectivity index (χ1n) is 4.90. The van der Waals surface area contributed by atoms with Crippen LogP contribution < -0.4 is 4.74 Å². The maximum Gasteiger partial charge on any atom is 0.514 e. The van der Waals surface area contributed by atoms with Crippen LogP contribution in [0.1, 0.15) is 0 Å². The molecule has 0 unspecified atom stereocenters. The molecule has 1 aromatic carbocycles. The van der Waals surface area contributed by atoms with Crippen LogP contribution in [0.5, 0.6) is 5.75 Å². The highest BCUT2D eigenvalue weighted by molar-refractivity contribution is 7.94. The summed E-state index contributed by atoms with van der Waals surface area (Å²) in [6, 6.07) is 8.40. The largest absolute Gasteiger partial charge is 0.514 e. The van der Waals surface area contributed by atoms with Gasteiger partial charge in [-0.3, -0.25) is 0 Å². The third kappa shape index (κ3) is 3.32. The summed E-state index contributed by atoms with van der Waals surface area (Å²) >= 11 is 0. The highest BCUT2D eigenvalue weighted by Crippen LogP contribution is 2.14. The Morgan fingerprint density at radius 1 is 1.24 bits per heavy atom. The first-order chi connectivity index (χ1) is 8.05. The first kappa shape index (κ1) is 11.7. The van der Waals surface area contributed by atoms with Gasteiger partial charge in [-0.15, -0.1) is 0 Å². The van der Waals surface area contributed by atoms with E-state index in [-0.39, 0.29) is 5.75 Å². The average Bonchev–Trinajstić information content (AvgIpc) is 2.59. The summed E-state index contributed by atoms with van der Waals surface area (Å²) in [6.07, 6.45) is -0.360. The molecule has 0 aliphatic carbocycles. The van der Waals surface area contributed by atoms with Gasteiger partial charge in [0.25, 0.3) is 0 Å². The molecule has 5 nitrogen and oxygen atoms in total. The maximum absolute atomic E-state index is 11.3. The lowest BCUT2D eigenvalue weighted by molar-refractivity contribution is 0.0841. The van der Waals surface area contributed by atoms with Gasteiger partial charge in [-0.25, -0.2) is 13.2 Å². The van der Waals surface area contributed by atoms with E-state index in [4.69, 9.17) is 9.47 Å². The predicted octanol–water partition coefficient (Wildman–Crippen LogP) is 1.51. The van der Waals surface area contributed by atoms with E-state index in [9.17, 15) is 13.2 Å². The van der Waals surface area contributed by atoms with Crippen molar-refractivity contribution in [1.82, 2.24) is 0 Å². The van der Waals surface area contributed by atoms with E-state index in [2.05, 4.69) is 0 Å². The lowest BCUT2D eigenvalue weighted by Gasteiger charge is -2.09. The first-order valence-corrected chi connectivity index (χ1v) is 6.61. The van der Waals surface area contributed by atoms with Crippen LogP contribution >= 0.6 is 0 Å². The number of sulfone groups is 1. The number of benzene rings is 1. The number of para-hydroxylation sites is 1. The molecule has 1 aliphatic rings. The van der Waals surface area contributed by atoms with Gasteiger partial charge in [0.1, 0.15) is 11.9 Å². The highest BCUT2D eigenvalue weighted by Gasteiger charge is 2.25. The molecule has 0 bridgehead atoms. The minimum atomic E-state index is -3.23. The van der Waals surface area contributed by atoms with E-state index < -0.39 is 22.1 Å². The summed E-state index contributed by atoms with van der Waals surface area (Å²) in [5.41, 5.74) is 0. The molecule has 1 heterocycles. The van der Waals surface area contributed by atoms with Crippen LogP contribution in [0.3, 0.4) is 0 Å². The van der Waals surface area contributed by atoms with Crippen LogP contribution in [0.2, 0.25) is 0 Å². The number of hydrogen-bond acceptors (Lipinski definition) is 5. The smallest absolute Gasteiger partial charge is 0.425 e. The Hall–Kier alpha value is -1.82. The molecule has 17 heavy (non-hydrogen) atoms. The minimum absolute atomic E-state index is 0.225. The van der Waals surface area contributed by atoms with Crippen LogP contribution in [0.4, 0.5) is 4.79 Å². The summed E-state index contributed by atoms with van der Waals surface area (Å²) in [7, 11) is -3.23. The summed E-state index contributed by atoms with van der Waals surface area (Å²) in [4.78, 5) is 11.3. The van der Waals surface area contributed by atoms with Crippen LogP contribution in [0, 0.1) is 0 Å². The van der Waals surface area contributed by atoms with Gasteiger partial charge in [-0.05, 0) is 18.2 Å². The Balaban J connectivity index is 1.89. The molecule has 0 amide bonds. The van der Waals surface area contributed by atoms with E-state index in [1.165, 1.54) is 6.08 Å². The summed E-state index contributed by atoms with van der Waals surface area (Å²) < 4.78 is 31.8. The molecule has 6 heteroatoms. The van der Waals surface area contributed by atoms with Gasteiger partial charge in [0.05, 0.1) is 5.75 Å². The zero-order valence-electron chi connectivity index (χ0n) is 8.78. The number of rotatable bonds is 2. The topological polar surface area (TPSA) is 69.7 Å². The van der Waals surface area contributed by atoms with E-state index in [1.54, 1.807) is 30.3 Å². The minimum Gasteiger partial charge on any atom is -0.425 e. The summed E-state index contributed by atoms with van der Waals surface area (Å²) in [6.45, 7) is 0. The number of carbonyl (C=O) groups is 1. The fraction of sp³-hybridized carbons (Fsp3) is 0.182. The Morgan fingerprint density at radius 3 is 2.53 bits per heavy atom. The molecule has 1 aliphatic heterocycles. The SMILES string of the molecule is O=C(Oc1ccccc1)O[C@@H]1C=CS(=O)(=O)C1. The zero-order chi connectivity index (χ0) is 12.3. The lowest BCUT2D eigenvalue weighted by atomic mass is 10.3. The summed E-state index contributed by atoms with van der Waals surface area (Å²) in [5, 5.41) is 1.04. The second kappa shape index (κ2) is 4.58. The molecule has 2 rings (SSSR count). The van der Waals surface area contributed by atoms with Crippen LogP contribution in [0.25, 0.3) is 0 Å². The van der Waals surface area contributed by atoms with Gasteiger partial charge in [-0.1, -0.05) is 18.2 Å². The molecular formula is C11H10O5S. The van der Waals surface area contributed by atoms with Gasteiger partial charge in [0.15, 0.2) is 9.84 Å². The predicted molar refractivity (Wildman–Crippen MR) is 60.3 cm³/mol. The molecule has 1 aromatic rings. The fourth-order valence-corrected chi connectivity index (χ4v) is 2.52. The van der Waals surface area contributed by atoms with Gasteiger partial charge in [0, 0.05) is 5.41 Å². The lowest BCUT2D eigenvalue weighted by Crippen LogP contribution is -2.22. The summed E-state index contributed by atoms with van der Waals surface area (Å²) in [5.74, 6) is 0.124. The Labute approximate surface area is 98.6 Å². The standard InChI is InChI=1S/C11H10O5S/c12-11(15-9-4-2-1-3-5-9)16-10-6-7-17(13,14)8-10/h1-7,10H,8H2/t10-/m1/s1. The zero-order valence-corrected chi connectivity index (χ0v) is 9.59. The Morgan fingerprint density at radius 2 is 1.94 bits per heavy atom. The molecule has 0 N–H and O–H groups in total. The highest BCUT2D eigenvalue weighted by atomic mass is 32.2.